The fourth-order valence-electron chi connectivity index (χ4n) is 3.92. The quantitative estimate of drug-likeness (QED) is 0.460. The number of nitrogens with one attached hydrogen (secondary N) is 1. The monoisotopic (exact) mass is 498 g/mol. The van der Waals surface area contributed by atoms with Gasteiger partial charge in [0.25, 0.3) is 5.91 Å². The number of benzene rings is 2. The molecule has 2 atom stereocenters. The summed E-state index contributed by atoms with van der Waals surface area (Å²) in [5, 5.41) is 4.29. The number of nitrogens with zero attached hydrogens (tertiary/aromatic N) is 3. The predicted molar refractivity (Wildman–Crippen MR) is 135 cm³/mol. The second-order valence-corrected chi connectivity index (χ2v) is 8.89. The highest BCUT2D eigenvalue weighted by Gasteiger charge is 2.38. The molecular formula is C25H24ClFN4O2S. The normalized spacial score (nSPS) is 17.5. The molecule has 1 aliphatic rings. The number of pyridine rings is 1. The molecule has 0 fully saturated rings. The van der Waals surface area contributed by atoms with Gasteiger partial charge in [-0.3, -0.25) is 9.79 Å². The van der Waals surface area contributed by atoms with E-state index in [2.05, 4.69) is 15.2 Å². The van der Waals surface area contributed by atoms with Gasteiger partial charge in [-0.2, -0.15) is 0 Å². The van der Waals surface area contributed by atoms with E-state index in [1.807, 2.05) is 18.4 Å². The minimum atomic E-state index is -0.292. The summed E-state index contributed by atoms with van der Waals surface area (Å²) in [7, 11) is 1.66. The molecule has 3 aromatic rings. The zero-order valence-electron chi connectivity index (χ0n) is 18.7. The van der Waals surface area contributed by atoms with E-state index in [1.165, 1.54) is 12.1 Å². The number of hydrogen-bond acceptors (Lipinski definition) is 6. The van der Waals surface area contributed by atoms with Crippen molar-refractivity contribution < 1.29 is 13.9 Å². The van der Waals surface area contributed by atoms with E-state index in [-0.39, 0.29) is 23.8 Å². The average molecular weight is 499 g/mol. The molecule has 2 unspecified atom stereocenters. The molecule has 0 saturated heterocycles. The number of amidine groups is 1. The van der Waals surface area contributed by atoms with E-state index in [0.29, 0.717) is 29.6 Å². The molecule has 1 amide bonds. The van der Waals surface area contributed by atoms with E-state index >= 15 is 0 Å². The molecule has 1 aliphatic heterocycles. The molecule has 0 bridgehead atoms. The zero-order valence-corrected chi connectivity index (χ0v) is 20.3. The highest BCUT2D eigenvalue weighted by molar-refractivity contribution is 8.13. The first-order valence-electron chi connectivity index (χ1n) is 10.7. The number of aromatic nitrogens is 1. The molecule has 1 N–H and O–H groups in total. The molecule has 0 saturated carbocycles. The molecule has 176 valence electrons. The Labute approximate surface area is 207 Å². The molecule has 6 nitrogen and oxygen atoms in total. The van der Waals surface area contributed by atoms with Crippen molar-refractivity contribution in [3.63, 3.8) is 0 Å². The number of hydrogen-bond donors (Lipinski definition) is 1. The van der Waals surface area contributed by atoms with Gasteiger partial charge in [0.15, 0.2) is 5.17 Å². The van der Waals surface area contributed by atoms with Crippen LogP contribution in [0.2, 0.25) is 5.02 Å². The van der Waals surface area contributed by atoms with Crippen LogP contribution >= 0.6 is 23.4 Å². The van der Waals surface area contributed by atoms with Crippen LogP contribution in [0.4, 0.5) is 10.2 Å². The molecule has 0 spiro atoms. The summed E-state index contributed by atoms with van der Waals surface area (Å²) in [6, 6.07) is 16.4. The number of thioether (sulfide) groups is 1. The lowest BCUT2D eigenvalue weighted by Gasteiger charge is -2.30. The van der Waals surface area contributed by atoms with Crippen LogP contribution in [0.3, 0.4) is 0 Å². The van der Waals surface area contributed by atoms with Gasteiger partial charge in [-0.05, 0) is 65.9 Å². The fourth-order valence-corrected chi connectivity index (χ4v) is 4.70. The number of amides is 1. The third kappa shape index (κ3) is 5.41. The number of carbonyl (C=O) groups excluding carboxylic acids is 1. The summed E-state index contributed by atoms with van der Waals surface area (Å²) in [4.78, 5) is 24.2. The number of rotatable bonds is 7. The lowest BCUT2D eigenvalue weighted by Crippen LogP contribution is -2.33. The summed E-state index contributed by atoms with van der Waals surface area (Å²) in [6.07, 6.45) is 3.65. The topological polar surface area (TPSA) is 66.8 Å². The van der Waals surface area contributed by atoms with Crippen LogP contribution < -0.4 is 5.32 Å². The summed E-state index contributed by atoms with van der Waals surface area (Å²) in [5.74, 6) is -0.139. The summed E-state index contributed by atoms with van der Waals surface area (Å²) in [6.45, 7) is 1.16. The van der Waals surface area contributed by atoms with Gasteiger partial charge in [-0.1, -0.05) is 35.5 Å². The third-order valence-corrected chi connectivity index (χ3v) is 6.49. The lowest BCUT2D eigenvalue weighted by molar-refractivity contribution is 0.102. The Balaban J connectivity index is 1.66. The van der Waals surface area contributed by atoms with Gasteiger partial charge >= 0.3 is 0 Å². The highest BCUT2D eigenvalue weighted by Crippen LogP contribution is 2.44. The molecule has 4 rings (SSSR count). The smallest absolute Gasteiger partial charge is 0.256 e. The summed E-state index contributed by atoms with van der Waals surface area (Å²) in [5.41, 5.74) is 2.32. The van der Waals surface area contributed by atoms with E-state index in [9.17, 15) is 9.18 Å². The van der Waals surface area contributed by atoms with E-state index in [0.717, 1.165) is 16.3 Å². The largest absolute Gasteiger partial charge is 0.383 e. The number of methoxy groups -OCH3 is 1. The van der Waals surface area contributed by atoms with Gasteiger partial charge in [0.2, 0.25) is 0 Å². The van der Waals surface area contributed by atoms with Crippen molar-refractivity contribution >= 4 is 40.3 Å². The number of halogens is 2. The Bertz CT molecular complexity index is 1170. The first-order chi connectivity index (χ1) is 16.5. The second-order valence-electron chi connectivity index (χ2n) is 7.68. The Hall–Kier alpha value is -2.94. The van der Waals surface area contributed by atoms with E-state index in [4.69, 9.17) is 21.3 Å². The van der Waals surface area contributed by atoms with Crippen LogP contribution in [0.25, 0.3) is 0 Å². The van der Waals surface area contributed by atoms with Crippen molar-refractivity contribution in [2.45, 2.75) is 12.1 Å². The molecule has 1 aromatic heterocycles. The molecule has 0 aliphatic carbocycles. The maximum Gasteiger partial charge on any atom is 0.256 e. The van der Waals surface area contributed by atoms with Crippen LogP contribution in [-0.2, 0) is 4.74 Å². The molecule has 0 radical (unpaired) electrons. The van der Waals surface area contributed by atoms with Crippen LogP contribution in [0.5, 0.6) is 0 Å². The molecule has 2 aromatic carbocycles. The Morgan fingerprint density at radius 3 is 2.56 bits per heavy atom. The highest BCUT2D eigenvalue weighted by atomic mass is 35.5. The SMILES string of the molecule is COCCN1C(SC)=NC(c2ccc(F)cc2)C1c1ccnc(NC(=O)c2ccc(Cl)cc2)c1. The number of carbonyl (C=O) groups is 1. The van der Waals surface area contributed by atoms with Gasteiger partial charge in [0, 0.05) is 30.4 Å². The van der Waals surface area contributed by atoms with Gasteiger partial charge in [-0.25, -0.2) is 9.37 Å². The molecule has 2 heterocycles. The standard InChI is InChI=1S/C25H24ClFN4O2S/c1-33-14-13-31-23(22(30-25(31)34-2)16-5-9-20(27)10-6-16)18-11-12-28-21(15-18)29-24(32)17-3-7-19(26)8-4-17/h3-12,15,22-23H,13-14H2,1-2H3,(H,28,29,32). The van der Waals surface area contributed by atoms with Crippen molar-refractivity contribution in [1.29, 1.82) is 0 Å². The first-order valence-corrected chi connectivity index (χ1v) is 12.3. The third-order valence-electron chi connectivity index (χ3n) is 5.53. The van der Waals surface area contributed by atoms with Gasteiger partial charge in [0.05, 0.1) is 12.6 Å². The Morgan fingerprint density at radius 1 is 1.15 bits per heavy atom. The van der Waals surface area contributed by atoms with Crippen molar-refractivity contribution in [1.82, 2.24) is 9.88 Å². The van der Waals surface area contributed by atoms with Crippen LogP contribution in [-0.4, -0.2) is 47.5 Å². The second kappa shape index (κ2) is 11.0. The van der Waals surface area contributed by atoms with Crippen molar-refractivity contribution in [3.8, 4) is 0 Å². The predicted octanol–water partition coefficient (Wildman–Crippen LogP) is 5.59. The Morgan fingerprint density at radius 2 is 1.88 bits per heavy atom. The summed E-state index contributed by atoms with van der Waals surface area (Å²) >= 11 is 7.48. The van der Waals surface area contributed by atoms with E-state index < -0.39 is 0 Å². The van der Waals surface area contributed by atoms with Crippen LogP contribution in [0.1, 0.15) is 33.6 Å². The minimum absolute atomic E-state index is 0.169. The maximum atomic E-state index is 13.6. The van der Waals surface area contributed by atoms with Crippen molar-refractivity contribution in [3.05, 3.63) is 94.4 Å². The van der Waals surface area contributed by atoms with Crippen molar-refractivity contribution in [2.24, 2.45) is 4.99 Å². The summed E-state index contributed by atoms with van der Waals surface area (Å²) < 4.78 is 18.9. The van der Waals surface area contributed by atoms with E-state index in [1.54, 1.807) is 61.5 Å². The minimum Gasteiger partial charge on any atom is -0.383 e. The Kier molecular flexibility index (Phi) is 7.82. The fraction of sp³-hybridized carbons (Fsp3) is 0.240. The number of ether oxygens (including phenoxy) is 1. The number of anilines is 1. The zero-order chi connectivity index (χ0) is 24.1. The molecule has 34 heavy (non-hydrogen) atoms. The average Bonchev–Trinajstić information content (AvgIpc) is 3.22. The van der Waals surface area contributed by atoms with Crippen LogP contribution in [0, 0.1) is 5.82 Å². The lowest BCUT2D eigenvalue weighted by atomic mass is 9.94. The van der Waals surface area contributed by atoms with Gasteiger partial charge in [-0.15, -0.1) is 0 Å². The van der Waals surface area contributed by atoms with Gasteiger partial charge < -0.3 is 15.0 Å². The van der Waals surface area contributed by atoms with Gasteiger partial charge in [0.1, 0.15) is 17.7 Å². The maximum absolute atomic E-state index is 13.6. The molecule has 9 heteroatoms. The van der Waals surface area contributed by atoms with Crippen LogP contribution in [0.15, 0.2) is 71.9 Å². The first kappa shape index (κ1) is 24.2. The molecular weight excluding hydrogens is 475 g/mol. The van der Waals surface area contributed by atoms with Crippen molar-refractivity contribution in [2.75, 3.05) is 31.8 Å². The number of aliphatic imine (C=N–C) groups is 1.